The fraction of sp³-hybridized carbons (Fsp3) is 0.333. The second kappa shape index (κ2) is 5.89. The number of hydrogen-bond acceptors (Lipinski definition) is 4. The standard InChI is InChI=1S/C12H16N2O3/c1-14(2)10-6-4-9(5-7-10)12(16)13-8-11(15)17-3/h4-7H,8H2,1-3H3,(H,13,16). The quantitative estimate of drug-likeness (QED) is 0.780. The number of carbonyl (C=O) groups is 2. The molecule has 1 aromatic carbocycles. The van der Waals surface area contributed by atoms with Crippen LogP contribution in [-0.2, 0) is 9.53 Å². The fourth-order valence-corrected chi connectivity index (χ4v) is 1.24. The van der Waals surface area contributed by atoms with Gasteiger partial charge in [-0.3, -0.25) is 9.59 Å². The van der Waals surface area contributed by atoms with Crippen LogP contribution >= 0.6 is 0 Å². The van der Waals surface area contributed by atoms with Crippen molar-refractivity contribution >= 4 is 17.6 Å². The number of anilines is 1. The molecule has 0 aliphatic heterocycles. The van der Waals surface area contributed by atoms with E-state index in [4.69, 9.17) is 0 Å². The van der Waals surface area contributed by atoms with Gasteiger partial charge in [0.15, 0.2) is 0 Å². The summed E-state index contributed by atoms with van der Waals surface area (Å²) in [5, 5.41) is 2.47. The van der Waals surface area contributed by atoms with E-state index in [9.17, 15) is 9.59 Å². The Bertz CT molecular complexity index is 399. The Morgan fingerprint density at radius 3 is 2.29 bits per heavy atom. The van der Waals surface area contributed by atoms with Crippen molar-refractivity contribution < 1.29 is 14.3 Å². The summed E-state index contributed by atoms with van der Waals surface area (Å²) in [7, 11) is 5.12. The molecule has 1 N–H and O–H groups in total. The summed E-state index contributed by atoms with van der Waals surface area (Å²) in [6, 6.07) is 7.10. The highest BCUT2D eigenvalue weighted by Crippen LogP contribution is 2.11. The number of ether oxygens (including phenoxy) is 1. The average molecular weight is 236 g/mol. The molecule has 0 atom stereocenters. The molecule has 0 fully saturated rings. The maximum absolute atomic E-state index is 11.6. The Balaban J connectivity index is 2.61. The molecule has 1 aromatic rings. The zero-order valence-electron chi connectivity index (χ0n) is 10.2. The third kappa shape index (κ3) is 3.79. The molecule has 92 valence electrons. The number of nitrogens with one attached hydrogen (secondary N) is 1. The lowest BCUT2D eigenvalue weighted by Crippen LogP contribution is -2.30. The summed E-state index contributed by atoms with van der Waals surface area (Å²) in [5.74, 6) is -0.760. The van der Waals surface area contributed by atoms with Gasteiger partial charge in [-0.2, -0.15) is 0 Å². The van der Waals surface area contributed by atoms with Crippen molar-refractivity contribution in [2.75, 3.05) is 32.6 Å². The topological polar surface area (TPSA) is 58.6 Å². The number of amides is 1. The summed E-state index contributed by atoms with van der Waals surface area (Å²) in [6.07, 6.45) is 0. The Labute approximate surface area is 100 Å². The molecule has 0 saturated carbocycles. The first kappa shape index (κ1) is 13.0. The van der Waals surface area contributed by atoms with Crippen LogP contribution in [0.2, 0.25) is 0 Å². The van der Waals surface area contributed by atoms with Gasteiger partial charge in [0.25, 0.3) is 5.91 Å². The number of esters is 1. The monoisotopic (exact) mass is 236 g/mol. The van der Waals surface area contributed by atoms with E-state index in [0.29, 0.717) is 5.56 Å². The van der Waals surface area contributed by atoms with Crippen LogP contribution in [0.5, 0.6) is 0 Å². The molecule has 17 heavy (non-hydrogen) atoms. The molecule has 0 bridgehead atoms. The largest absolute Gasteiger partial charge is 0.468 e. The van der Waals surface area contributed by atoms with Crippen LogP contribution in [-0.4, -0.2) is 39.6 Å². The highest BCUT2D eigenvalue weighted by atomic mass is 16.5. The van der Waals surface area contributed by atoms with Crippen LogP contribution in [0.4, 0.5) is 5.69 Å². The van der Waals surface area contributed by atoms with E-state index >= 15 is 0 Å². The van der Waals surface area contributed by atoms with E-state index in [2.05, 4.69) is 10.1 Å². The van der Waals surface area contributed by atoms with E-state index in [1.165, 1.54) is 7.11 Å². The van der Waals surface area contributed by atoms with Crippen LogP contribution < -0.4 is 10.2 Å². The van der Waals surface area contributed by atoms with Gasteiger partial charge in [-0.05, 0) is 24.3 Å². The van der Waals surface area contributed by atoms with E-state index in [0.717, 1.165) is 5.69 Å². The van der Waals surface area contributed by atoms with Gasteiger partial charge in [0, 0.05) is 25.3 Å². The second-order valence-corrected chi connectivity index (χ2v) is 3.70. The van der Waals surface area contributed by atoms with Gasteiger partial charge in [0.1, 0.15) is 6.54 Å². The van der Waals surface area contributed by atoms with Crippen molar-refractivity contribution in [1.29, 1.82) is 0 Å². The number of carbonyl (C=O) groups excluding carboxylic acids is 2. The minimum Gasteiger partial charge on any atom is -0.468 e. The number of nitrogens with zero attached hydrogens (tertiary/aromatic N) is 1. The van der Waals surface area contributed by atoms with E-state index in [1.807, 2.05) is 31.1 Å². The first-order valence-electron chi connectivity index (χ1n) is 5.17. The van der Waals surface area contributed by atoms with Crippen molar-refractivity contribution in [3.8, 4) is 0 Å². The maximum atomic E-state index is 11.6. The van der Waals surface area contributed by atoms with Crippen molar-refractivity contribution in [3.63, 3.8) is 0 Å². The van der Waals surface area contributed by atoms with Gasteiger partial charge in [0.05, 0.1) is 7.11 Å². The highest BCUT2D eigenvalue weighted by molar-refractivity contribution is 5.96. The highest BCUT2D eigenvalue weighted by Gasteiger charge is 2.07. The number of hydrogen-bond donors (Lipinski definition) is 1. The lowest BCUT2D eigenvalue weighted by Gasteiger charge is -2.12. The summed E-state index contributed by atoms with van der Waals surface area (Å²) < 4.78 is 4.43. The first-order chi connectivity index (χ1) is 8.04. The molecular weight excluding hydrogens is 220 g/mol. The van der Waals surface area contributed by atoms with Gasteiger partial charge in [-0.25, -0.2) is 0 Å². The normalized spacial score (nSPS) is 9.59. The second-order valence-electron chi connectivity index (χ2n) is 3.70. The molecule has 0 aliphatic rings. The third-order valence-electron chi connectivity index (χ3n) is 2.27. The minimum absolute atomic E-state index is 0.120. The molecule has 5 heteroatoms. The molecule has 0 spiro atoms. The summed E-state index contributed by atoms with van der Waals surface area (Å²) in [4.78, 5) is 24.4. The van der Waals surface area contributed by atoms with Crippen LogP contribution in [0.1, 0.15) is 10.4 Å². The molecule has 1 rings (SSSR count). The number of methoxy groups -OCH3 is 1. The molecule has 0 aromatic heterocycles. The van der Waals surface area contributed by atoms with Crippen LogP contribution in [0, 0.1) is 0 Å². The Kier molecular flexibility index (Phi) is 4.51. The van der Waals surface area contributed by atoms with E-state index in [1.54, 1.807) is 12.1 Å². The van der Waals surface area contributed by atoms with Crippen LogP contribution in [0.15, 0.2) is 24.3 Å². The Morgan fingerprint density at radius 1 is 1.24 bits per heavy atom. The molecule has 0 saturated heterocycles. The fourth-order valence-electron chi connectivity index (χ4n) is 1.24. The van der Waals surface area contributed by atoms with Gasteiger partial charge in [-0.1, -0.05) is 0 Å². The Hall–Kier alpha value is -2.04. The van der Waals surface area contributed by atoms with E-state index < -0.39 is 5.97 Å². The zero-order valence-corrected chi connectivity index (χ0v) is 10.2. The molecule has 5 nitrogen and oxygen atoms in total. The third-order valence-corrected chi connectivity index (χ3v) is 2.27. The first-order valence-corrected chi connectivity index (χ1v) is 5.17. The summed E-state index contributed by atoms with van der Waals surface area (Å²) in [5.41, 5.74) is 1.52. The van der Waals surface area contributed by atoms with Crippen LogP contribution in [0.25, 0.3) is 0 Å². The smallest absolute Gasteiger partial charge is 0.325 e. The molecule has 0 heterocycles. The molecule has 0 unspecified atom stereocenters. The SMILES string of the molecule is COC(=O)CNC(=O)c1ccc(N(C)C)cc1. The van der Waals surface area contributed by atoms with Gasteiger partial charge < -0.3 is 15.0 Å². The molecular formula is C12H16N2O3. The zero-order chi connectivity index (χ0) is 12.8. The van der Waals surface area contributed by atoms with Crippen molar-refractivity contribution in [2.45, 2.75) is 0 Å². The molecule has 1 amide bonds. The van der Waals surface area contributed by atoms with Crippen LogP contribution in [0.3, 0.4) is 0 Å². The summed E-state index contributed by atoms with van der Waals surface area (Å²) >= 11 is 0. The van der Waals surface area contributed by atoms with Crippen molar-refractivity contribution in [2.24, 2.45) is 0 Å². The predicted molar refractivity (Wildman–Crippen MR) is 65.1 cm³/mol. The van der Waals surface area contributed by atoms with E-state index in [-0.39, 0.29) is 12.5 Å². The number of benzene rings is 1. The Morgan fingerprint density at radius 2 is 1.82 bits per heavy atom. The number of rotatable bonds is 4. The van der Waals surface area contributed by atoms with Gasteiger partial charge in [0.2, 0.25) is 0 Å². The maximum Gasteiger partial charge on any atom is 0.325 e. The van der Waals surface area contributed by atoms with Crippen molar-refractivity contribution in [1.82, 2.24) is 5.32 Å². The minimum atomic E-state index is -0.469. The molecule has 0 aliphatic carbocycles. The molecule has 0 radical (unpaired) electrons. The summed E-state index contributed by atoms with van der Waals surface area (Å²) in [6.45, 7) is -0.120. The predicted octanol–water partition coefficient (Wildman–Crippen LogP) is 0.655. The average Bonchev–Trinajstić information content (AvgIpc) is 2.35. The lowest BCUT2D eigenvalue weighted by molar-refractivity contribution is -0.139. The van der Waals surface area contributed by atoms with Crippen molar-refractivity contribution in [3.05, 3.63) is 29.8 Å². The van der Waals surface area contributed by atoms with Gasteiger partial charge >= 0.3 is 5.97 Å². The lowest BCUT2D eigenvalue weighted by atomic mass is 10.2. The van der Waals surface area contributed by atoms with Gasteiger partial charge in [-0.15, -0.1) is 0 Å².